The fraction of sp³-hybridized carbons (Fsp3) is 0.250. The van der Waals surface area contributed by atoms with Gasteiger partial charge in [-0.15, -0.1) is 0 Å². The topological polar surface area (TPSA) is 9.72 Å². The molecule has 0 bridgehead atoms. The average Bonchev–Trinajstić information content (AvgIpc) is 3.20. The van der Waals surface area contributed by atoms with Crippen LogP contribution in [-0.4, -0.2) is 6.04 Å². The van der Waals surface area contributed by atoms with Crippen LogP contribution in [0.1, 0.15) is 73.8 Å². The Kier molecular flexibility index (Phi) is 14.5. The van der Waals surface area contributed by atoms with Gasteiger partial charge in [-0.3, -0.25) is 0 Å². The van der Waals surface area contributed by atoms with Crippen molar-refractivity contribution in [2.24, 2.45) is 5.92 Å². The Morgan fingerprint density at radius 3 is 1.43 bits per heavy atom. The summed E-state index contributed by atoms with van der Waals surface area (Å²) in [4.78, 5) is 7.14. The predicted octanol–water partition coefficient (Wildman–Crippen LogP) is 14.5. The number of anilines is 6. The third-order valence-corrected chi connectivity index (χ3v) is 9.17. The molecule has 5 aromatic rings. The molecule has 1 heterocycles. The summed E-state index contributed by atoms with van der Waals surface area (Å²) in [5.74, 6) is 0.552. The molecule has 0 N–H and O–H groups in total. The van der Waals surface area contributed by atoms with Crippen LogP contribution in [0.2, 0.25) is 0 Å². The Hall–Kier alpha value is -5.28. The second-order valence-electron chi connectivity index (χ2n) is 12.7. The molecular weight excluding hydrogens is 619 g/mol. The van der Waals surface area contributed by atoms with E-state index in [0.717, 1.165) is 18.5 Å². The lowest BCUT2D eigenvalue weighted by molar-refractivity contribution is 0.520. The van der Waals surface area contributed by atoms with E-state index >= 15 is 0 Å². The third kappa shape index (κ3) is 9.10. The van der Waals surface area contributed by atoms with Gasteiger partial charge in [0.1, 0.15) is 0 Å². The van der Waals surface area contributed by atoms with E-state index in [-0.39, 0.29) is 0 Å². The fourth-order valence-electron chi connectivity index (χ4n) is 6.32. The Morgan fingerprint density at radius 1 is 0.549 bits per heavy atom. The Morgan fingerprint density at radius 2 is 0.980 bits per heavy atom. The molecule has 0 radical (unpaired) electrons. The lowest BCUT2D eigenvalue weighted by atomic mass is 9.99. The highest BCUT2D eigenvalue weighted by Gasteiger charge is 2.31. The van der Waals surface area contributed by atoms with E-state index in [1.165, 1.54) is 51.0 Å². The summed E-state index contributed by atoms with van der Waals surface area (Å²) in [6, 6.07) is 49.3. The van der Waals surface area contributed by atoms with Crippen LogP contribution in [0.5, 0.6) is 0 Å². The first kappa shape index (κ1) is 38.5. The summed E-state index contributed by atoms with van der Waals surface area (Å²) in [6.07, 6.45) is 6.73. The van der Waals surface area contributed by atoms with E-state index in [0.29, 0.717) is 12.0 Å². The second kappa shape index (κ2) is 19.2. The lowest BCUT2D eigenvalue weighted by Gasteiger charge is -2.41. The van der Waals surface area contributed by atoms with Gasteiger partial charge in [0, 0.05) is 28.8 Å². The van der Waals surface area contributed by atoms with Crippen LogP contribution >= 0.6 is 0 Å². The predicted molar refractivity (Wildman–Crippen MR) is 226 cm³/mol. The average molecular weight is 676 g/mol. The number of benzene rings is 5. The summed E-state index contributed by atoms with van der Waals surface area (Å²) in [5.41, 5.74) is 12.3. The van der Waals surface area contributed by atoms with Gasteiger partial charge in [0.15, 0.2) is 0 Å². The maximum Gasteiger partial charge on any atom is 0.0703 e. The molecule has 0 saturated carbocycles. The number of hydrogen-bond acceptors (Lipinski definition) is 3. The largest absolute Gasteiger partial charge is 0.338 e. The summed E-state index contributed by atoms with van der Waals surface area (Å²) < 4.78 is 0. The molecule has 51 heavy (non-hydrogen) atoms. The quantitative estimate of drug-likeness (QED) is 0.170. The SMILES string of the molecule is C=C(c1ccccc1)N(c1ccccc1)C(C)C(C)C.CC.CC.CC1=CC=C(N2c3ccccc3N(c3ccccc3)c3ccccc32)CC1. The number of hydrogen-bond donors (Lipinski definition) is 0. The first-order valence-corrected chi connectivity index (χ1v) is 18.7. The molecule has 5 aromatic carbocycles. The maximum absolute atomic E-state index is 4.33. The van der Waals surface area contributed by atoms with Gasteiger partial charge in [-0.2, -0.15) is 0 Å². The molecular formula is C48H57N3. The molecule has 0 spiro atoms. The minimum Gasteiger partial charge on any atom is -0.338 e. The van der Waals surface area contributed by atoms with Gasteiger partial charge in [0.25, 0.3) is 0 Å². The van der Waals surface area contributed by atoms with Crippen LogP contribution in [-0.2, 0) is 0 Å². The zero-order chi connectivity index (χ0) is 36.8. The molecule has 7 rings (SSSR count). The van der Waals surface area contributed by atoms with Gasteiger partial charge in [0.2, 0.25) is 0 Å². The molecule has 0 amide bonds. The van der Waals surface area contributed by atoms with Crippen molar-refractivity contribution in [3.05, 3.63) is 175 Å². The van der Waals surface area contributed by atoms with Crippen molar-refractivity contribution in [3.8, 4) is 0 Å². The maximum atomic E-state index is 4.33. The number of nitrogens with zero attached hydrogens (tertiary/aromatic N) is 3. The van der Waals surface area contributed by atoms with Crippen molar-refractivity contribution in [3.63, 3.8) is 0 Å². The van der Waals surface area contributed by atoms with Crippen molar-refractivity contribution < 1.29 is 0 Å². The van der Waals surface area contributed by atoms with Crippen LogP contribution in [0.25, 0.3) is 5.70 Å². The van der Waals surface area contributed by atoms with Gasteiger partial charge in [-0.1, -0.05) is 151 Å². The lowest BCUT2D eigenvalue weighted by Crippen LogP contribution is -2.35. The number of para-hydroxylation sites is 6. The van der Waals surface area contributed by atoms with E-state index < -0.39 is 0 Å². The standard InChI is InChI=1S/C25H22N2.C19H23N.2C2H6/c1-19-15-17-21(18-16-19)27-24-13-7-5-11-22(24)26(20-9-3-2-4-10-20)23-12-6-8-14-25(23)27;1-15(2)16(3)20(19-13-9-6-10-14-19)17(4)18-11-7-5-8-12-18;2*1-2/h2-15,17H,16,18H2,1H3;5-16H,4H2,1-3H3;2*1-2H3. The van der Waals surface area contributed by atoms with E-state index in [9.17, 15) is 0 Å². The Balaban J connectivity index is 0.000000217. The monoisotopic (exact) mass is 675 g/mol. The molecule has 1 aliphatic heterocycles. The van der Waals surface area contributed by atoms with Crippen molar-refractivity contribution in [1.29, 1.82) is 0 Å². The summed E-state index contributed by atoms with van der Waals surface area (Å²) in [5, 5.41) is 0. The van der Waals surface area contributed by atoms with Gasteiger partial charge in [0.05, 0.1) is 22.7 Å². The summed E-state index contributed by atoms with van der Waals surface area (Å²) >= 11 is 0. The van der Waals surface area contributed by atoms with Crippen LogP contribution in [0.3, 0.4) is 0 Å². The van der Waals surface area contributed by atoms with Crippen molar-refractivity contribution in [2.45, 2.75) is 74.3 Å². The zero-order valence-corrected chi connectivity index (χ0v) is 32.1. The molecule has 3 nitrogen and oxygen atoms in total. The highest BCUT2D eigenvalue weighted by atomic mass is 15.3. The first-order valence-electron chi connectivity index (χ1n) is 18.7. The number of rotatable bonds is 7. The minimum atomic E-state index is 0.394. The summed E-state index contributed by atoms with van der Waals surface area (Å²) in [7, 11) is 0. The van der Waals surface area contributed by atoms with Gasteiger partial charge in [-0.25, -0.2) is 0 Å². The van der Waals surface area contributed by atoms with E-state index in [4.69, 9.17) is 0 Å². The van der Waals surface area contributed by atoms with Crippen molar-refractivity contribution >= 4 is 39.8 Å². The second-order valence-corrected chi connectivity index (χ2v) is 12.7. The molecule has 264 valence electrons. The van der Waals surface area contributed by atoms with Crippen LogP contribution in [0.15, 0.2) is 170 Å². The zero-order valence-electron chi connectivity index (χ0n) is 32.1. The van der Waals surface area contributed by atoms with Crippen LogP contribution < -0.4 is 14.7 Å². The third-order valence-electron chi connectivity index (χ3n) is 9.17. The summed E-state index contributed by atoms with van der Waals surface area (Å²) in [6.45, 7) is 21.3. The molecule has 2 aliphatic rings. The van der Waals surface area contributed by atoms with Gasteiger partial charge in [-0.05, 0) is 92.8 Å². The molecule has 1 unspecified atom stereocenters. The number of fused-ring (bicyclic) bond motifs is 2. The highest BCUT2D eigenvalue weighted by Crippen LogP contribution is 2.53. The molecule has 1 aliphatic carbocycles. The normalized spacial score (nSPS) is 13.3. The van der Waals surface area contributed by atoms with E-state index in [1.807, 2.05) is 39.8 Å². The van der Waals surface area contributed by atoms with Crippen LogP contribution in [0.4, 0.5) is 34.1 Å². The Labute approximate surface area is 308 Å². The van der Waals surface area contributed by atoms with Gasteiger partial charge >= 0.3 is 0 Å². The molecule has 0 saturated heterocycles. The fourth-order valence-corrected chi connectivity index (χ4v) is 6.32. The van der Waals surface area contributed by atoms with Crippen molar-refractivity contribution in [1.82, 2.24) is 0 Å². The smallest absolute Gasteiger partial charge is 0.0703 e. The number of allylic oxidation sites excluding steroid dienone is 4. The molecule has 0 aromatic heterocycles. The van der Waals surface area contributed by atoms with E-state index in [1.54, 1.807) is 0 Å². The Bertz CT molecular complexity index is 1810. The van der Waals surface area contributed by atoms with Crippen molar-refractivity contribution in [2.75, 3.05) is 14.7 Å². The minimum absolute atomic E-state index is 0.394. The molecule has 1 atom stereocenters. The highest BCUT2D eigenvalue weighted by molar-refractivity contribution is 5.99. The first-order chi connectivity index (χ1) is 24.9. The molecule has 3 heteroatoms. The molecule has 0 fully saturated rings. The van der Waals surface area contributed by atoms with E-state index in [2.05, 4.69) is 189 Å². The van der Waals surface area contributed by atoms with Gasteiger partial charge < -0.3 is 14.7 Å². The van der Waals surface area contributed by atoms with Crippen LogP contribution in [0, 0.1) is 5.92 Å².